The molecule has 1 aliphatic rings. The van der Waals surface area contributed by atoms with E-state index in [0.29, 0.717) is 17.0 Å². The van der Waals surface area contributed by atoms with Crippen LogP contribution in [-0.4, -0.2) is 32.8 Å². The molecule has 0 saturated heterocycles. The molecule has 0 atom stereocenters. The molecule has 0 bridgehead atoms. The number of carboxylic acids is 1. The fourth-order valence-electron chi connectivity index (χ4n) is 1.84. The van der Waals surface area contributed by atoms with Crippen LogP contribution in [0, 0.1) is 0 Å². The molecule has 0 aromatic carbocycles. The van der Waals surface area contributed by atoms with E-state index in [4.69, 9.17) is 14.4 Å². The lowest BCUT2D eigenvalue weighted by atomic mass is 10.2. The summed E-state index contributed by atoms with van der Waals surface area (Å²) in [5, 5.41) is 12.5. The second-order valence-corrected chi connectivity index (χ2v) is 5.44. The standard InChI is InChI=1S/C12H16N2O5/c1-12(2,3)18-11(17)14-5-7-8(4-10(15)16)13-19-9(7)6-14/h4-6H2,1-3H3,(H,15,16). The summed E-state index contributed by atoms with van der Waals surface area (Å²) in [5.41, 5.74) is 0.477. The van der Waals surface area contributed by atoms with Crippen molar-refractivity contribution < 1.29 is 24.0 Å². The number of carboxylic acid groups (broad SMARTS) is 1. The Morgan fingerprint density at radius 1 is 1.42 bits per heavy atom. The minimum absolute atomic E-state index is 0.207. The van der Waals surface area contributed by atoms with Gasteiger partial charge in [-0.25, -0.2) is 4.79 Å². The first-order chi connectivity index (χ1) is 8.76. The van der Waals surface area contributed by atoms with E-state index >= 15 is 0 Å². The monoisotopic (exact) mass is 268 g/mol. The summed E-state index contributed by atoms with van der Waals surface area (Å²) >= 11 is 0. The van der Waals surface area contributed by atoms with Crippen LogP contribution in [0.3, 0.4) is 0 Å². The van der Waals surface area contributed by atoms with Crippen LogP contribution in [0.2, 0.25) is 0 Å². The van der Waals surface area contributed by atoms with Crippen LogP contribution in [-0.2, 0) is 29.0 Å². The molecule has 0 unspecified atom stereocenters. The number of hydrogen-bond donors (Lipinski definition) is 1. The number of ether oxygens (including phenoxy) is 1. The van der Waals surface area contributed by atoms with Crippen LogP contribution in [0.25, 0.3) is 0 Å². The summed E-state index contributed by atoms with van der Waals surface area (Å²) in [6.07, 6.45) is -0.652. The molecule has 104 valence electrons. The summed E-state index contributed by atoms with van der Waals surface area (Å²) < 4.78 is 10.3. The highest BCUT2D eigenvalue weighted by molar-refractivity contribution is 5.71. The molecule has 1 aromatic rings. The molecular formula is C12H16N2O5. The molecule has 0 saturated carbocycles. The van der Waals surface area contributed by atoms with Gasteiger partial charge in [-0.05, 0) is 20.8 Å². The Bertz CT molecular complexity index is 515. The van der Waals surface area contributed by atoms with Crippen molar-refractivity contribution in [2.24, 2.45) is 0 Å². The molecule has 7 nitrogen and oxygen atoms in total. The lowest BCUT2D eigenvalue weighted by Crippen LogP contribution is -2.33. The molecule has 0 radical (unpaired) electrons. The zero-order valence-corrected chi connectivity index (χ0v) is 11.1. The number of fused-ring (bicyclic) bond motifs is 1. The lowest BCUT2D eigenvalue weighted by molar-refractivity contribution is -0.136. The summed E-state index contributed by atoms with van der Waals surface area (Å²) in [7, 11) is 0. The van der Waals surface area contributed by atoms with E-state index in [2.05, 4.69) is 5.16 Å². The normalized spacial score (nSPS) is 14.4. The van der Waals surface area contributed by atoms with E-state index in [1.54, 1.807) is 20.8 Å². The number of rotatable bonds is 2. The highest BCUT2D eigenvalue weighted by Crippen LogP contribution is 2.27. The van der Waals surface area contributed by atoms with Gasteiger partial charge >= 0.3 is 12.1 Å². The van der Waals surface area contributed by atoms with Gasteiger partial charge in [-0.3, -0.25) is 9.69 Å². The Morgan fingerprint density at radius 2 is 2.11 bits per heavy atom. The first kappa shape index (κ1) is 13.4. The van der Waals surface area contributed by atoms with Crippen LogP contribution < -0.4 is 0 Å². The number of nitrogens with zero attached hydrogens (tertiary/aromatic N) is 2. The largest absolute Gasteiger partial charge is 0.481 e. The fourth-order valence-corrected chi connectivity index (χ4v) is 1.84. The summed E-state index contributed by atoms with van der Waals surface area (Å²) in [5.74, 6) is -0.450. The second-order valence-electron chi connectivity index (χ2n) is 5.44. The van der Waals surface area contributed by atoms with Crippen LogP contribution in [0.5, 0.6) is 0 Å². The predicted octanol–water partition coefficient (Wildman–Crippen LogP) is 1.55. The van der Waals surface area contributed by atoms with Gasteiger partial charge in [0.15, 0.2) is 5.76 Å². The molecule has 2 rings (SSSR count). The van der Waals surface area contributed by atoms with Gasteiger partial charge in [0, 0.05) is 5.56 Å². The van der Waals surface area contributed by atoms with Crippen molar-refractivity contribution in [3.05, 3.63) is 17.0 Å². The Morgan fingerprint density at radius 3 is 2.68 bits per heavy atom. The quantitative estimate of drug-likeness (QED) is 0.874. The number of carbonyl (C=O) groups excluding carboxylic acids is 1. The van der Waals surface area contributed by atoms with Crippen molar-refractivity contribution in [3.63, 3.8) is 0 Å². The van der Waals surface area contributed by atoms with Gasteiger partial charge in [0.05, 0.1) is 25.2 Å². The Hall–Kier alpha value is -2.05. The average Bonchev–Trinajstić information content (AvgIpc) is 2.77. The topological polar surface area (TPSA) is 92.9 Å². The van der Waals surface area contributed by atoms with Gasteiger partial charge in [0.2, 0.25) is 0 Å². The van der Waals surface area contributed by atoms with Crippen molar-refractivity contribution in [1.29, 1.82) is 0 Å². The van der Waals surface area contributed by atoms with Gasteiger partial charge < -0.3 is 14.4 Å². The van der Waals surface area contributed by atoms with Gasteiger partial charge in [0.1, 0.15) is 5.60 Å². The third-order valence-corrected chi connectivity index (χ3v) is 2.60. The minimum Gasteiger partial charge on any atom is -0.481 e. The number of aliphatic carboxylic acids is 1. The number of carbonyl (C=O) groups is 2. The van der Waals surface area contributed by atoms with E-state index in [0.717, 1.165) is 0 Å². The van der Waals surface area contributed by atoms with Crippen molar-refractivity contribution in [3.8, 4) is 0 Å². The predicted molar refractivity (Wildman–Crippen MR) is 63.3 cm³/mol. The van der Waals surface area contributed by atoms with Crippen LogP contribution >= 0.6 is 0 Å². The van der Waals surface area contributed by atoms with Gasteiger partial charge in [-0.15, -0.1) is 0 Å². The van der Waals surface area contributed by atoms with Crippen molar-refractivity contribution in [2.45, 2.75) is 45.9 Å². The molecule has 1 aromatic heterocycles. The molecule has 0 aliphatic carbocycles. The zero-order chi connectivity index (χ0) is 14.2. The molecule has 1 N–H and O–H groups in total. The molecular weight excluding hydrogens is 252 g/mol. The number of aromatic nitrogens is 1. The molecule has 19 heavy (non-hydrogen) atoms. The lowest BCUT2D eigenvalue weighted by Gasteiger charge is -2.23. The van der Waals surface area contributed by atoms with Crippen LogP contribution in [0.1, 0.15) is 37.8 Å². The average molecular weight is 268 g/mol. The first-order valence-corrected chi connectivity index (χ1v) is 5.92. The molecule has 7 heteroatoms. The van der Waals surface area contributed by atoms with Crippen LogP contribution in [0.4, 0.5) is 4.79 Å². The zero-order valence-electron chi connectivity index (χ0n) is 11.1. The highest BCUT2D eigenvalue weighted by Gasteiger charge is 2.33. The maximum atomic E-state index is 11.9. The summed E-state index contributed by atoms with van der Waals surface area (Å²) in [6, 6.07) is 0. The van der Waals surface area contributed by atoms with E-state index in [-0.39, 0.29) is 19.5 Å². The Kier molecular flexibility index (Phi) is 3.21. The Balaban J connectivity index is 2.06. The number of amides is 1. The van der Waals surface area contributed by atoms with E-state index in [1.165, 1.54) is 4.90 Å². The first-order valence-electron chi connectivity index (χ1n) is 5.92. The molecule has 0 fully saturated rings. The number of hydrogen-bond acceptors (Lipinski definition) is 5. The van der Waals surface area contributed by atoms with Crippen molar-refractivity contribution >= 4 is 12.1 Å². The highest BCUT2D eigenvalue weighted by atomic mass is 16.6. The van der Waals surface area contributed by atoms with Gasteiger partial charge in [-0.1, -0.05) is 5.16 Å². The Labute approximate surface area is 110 Å². The van der Waals surface area contributed by atoms with Crippen molar-refractivity contribution in [2.75, 3.05) is 0 Å². The SMILES string of the molecule is CC(C)(C)OC(=O)N1Cc2onc(CC(=O)O)c2C1. The van der Waals surface area contributed by atoms with Crippen LogP contribution in [0.15, 0.2) is 4.52 Å². The maximum absolute atomic E-state index is 11.9. The maximum Gasteiger partial charge on any atom is 0.411 e. The van der Waals surface area contributed by atoms with E-state index in [9.17, 15) is 9.59 Å². The molecule has 1 amide bonds. The third-order valence-electron chi connectivity index (χ3n) is 2.60. The van der Waals surface area contributed by atoms with Crippen molar-refractivity contribution in [1.82, 2.24) is 10.1 Å². The second kappa shape index (κ2) is 4.56. The minimum atomic E-state index is -0.980. The smallest absolute Gasteiger partial charge is 0.411 e. The molecule has 1 aliphatic heterocycles. The molecule has 2 heterocycles. The molecule has 0 spiro atoms. The van der Waals surface area contributed by atoms with E-state index < -0.39 is 17.7 Å². The van der Waals surface area contributed by atoms with Gasteiger partial charge in [0.25, 0.3) is 0 Å². The summed E-state index contributed by atoms with van der Waals surface area (Å²) in [4.78, 5) is 24.0. The summed E-state index contributed by atoms with van der Waals surface area (Å²) in [6.45, 7) is 5.90. The third kappa shape index (κ3) is 3.04. The fraction of sp³-hybridized carbons (Fsp3) is 0.583. The van der Waals surface area contributed by atoms with E-state index in [1.807, 2.05) is 0 Å². The van der Waals surface area contributed by atoms with Gasteiger partial charge in [-0.2, -0.15) is 0 Å².